The van der Waals surface area contributed by atoms with E-state index in [1.165, 1.54) is 21.0 Å². The molecule has 2 amide bonds. The van der Waals surface area contributed by atoms with Gasteiger partial charge in [-0.15, -0.1) is 11.3 Å². The Morgan fingerprint density at radius 3 is 2.78 bits per heavy atom. The highest BCUT2D eigenvalue weighted by molar-refractivity contribution is 7.14. The van der Waals surface area contributed by atoms with E-state index in [9.17, 15) is 4.79 Å². The van der Waals surface area contributed by atoms with Gasteiger partial charge in [0.1, 0.15) is 5.00 Å². The molecule has 1 aliphatic heterocycles. The molecule has 5 nitrogen and oxygen atoms in total. The maximum absolute atomic E-state index is 11.9. The van der Waals surface area contributed by atoms with Crippen LogP contribution in [0.25, 0.3) is 5.00 Å². The summed E-state index contributed by atoms with van der Waals surface area (Å²) in [5.74, 6) is 0. The normalized spacial score (nSPS) is 14.8. The van der Waals surface area contributed by atoms with E-state index in [1.54, 1.807) is 0 Å². The Bertz CT molecular complexity index is 675. The van der Waals surface area contributed by atoms with Gasteiger partial charge in [-0.1, -0.05) is 0 Å². The molecule has 0 aromatic carbocycles. The zero-order chi connectivity index (χ0) is 16.4. The van der Waals surface area contributed by atoms with Crippen molar-refractivity contribution in [2.75, 3.05) is 13.6 Å². The number of likely N-dealkylation sites (N-methyl/N-ethyl adjacent to an activating group) is 1. The molecule has 0 aliphatic carbocycles. The lowest BCUT2D eigenvalue weighted by atomic mass is 10.0. The summed E-state index contributed by atoms with van der Waals surface area (Å²) in [5, 5.41) is 7.12. The molecular weight excluding hydrogens is 308 g/mol. The first-order valence-corrected chi connectivity index (χ1v) is 8.86. The first-order chi connectivity index (χ1) is 11.0. The third-order valence-corrected chi connectivity index (χ3v) is 5.29. The van der Waals surface area contributed by atoms with E-state index in [2.05, 4.69) is 39.5 Å². The Kier molecular flexibility index (Phi) is 4.73. The third kappa shape index (κ3) is 3.59. The van der Waals surface area contributed by atoms with Crippen molar-refractivity contribution in [1.82, 2.24) is 20.1 Å². The molecule has 6 heteroatoms. The monoisotopic (exact) mass is 332 g/mol. The second-order valence-corrected chi connectivity index (χ2v) is 7.43. The SMILES string of the molecule is CC(C)NC(=O)NCc1c(-n2cccc2)sc2c1CCN(C)C2. The molecule has 0 unspecified atom stereocenters. The second kappa shape index (κ2) is 6.76. The minimum absolute atomic E-state index is 0.105. The highest BCUT2D eigenvalue weighted by atomic mass is 32.1. The average molecular weight is 332 g/mol. The molecule has 0 bridgehead atoms. The fraction of sp³-hybridized carbons (Fsp3) is 0.471. The molecular formula is C17H24N4OS. The van der Waals surface area contributed by atoms with Crippen LogP contribution in [0.2, 0.25) is 0 Å². The molecule has 0 fully saturated rings. The molecule has 2 aromatic rings. The van der Waals surface area contributed by atoms with Crippen molar-refractivity contribution >= 4 is 17.4 Å². The van der Waals surface area contributed by atoms with Crippen LogP contribution >= 0.6 is 11.3 Å². The number of thiophene rings is 1. The molecule has 23 heavy (non-hydrogen) atoms. The predicted molar refractivity (Wildman–Crippen MR) is 94.2 cm³/mol. The minimum atomic E-state index is -0.105. The molecule has 0 saturated heterocycles. The van der Waals surface area contributed by atoms with Crippen molar-refractivity contribution in [3.8, 4) is 5.00 Å². The lowest BCUT2D eigenvalue weighted by molar-refractivity contribution is 0.238. The number of fused-ring (bicyclic) bond motifs is 1. The molecule has 0 saturated carbocycles. The van der Waals surface area contributed by atoms with Gasteiger partial charge in [0.15, 0.2) is 0 Å². The second-order valence-electron chi connectivity index (χ2n) is 6.35. The van der Waals surface area contributed by atoms with Crippen LogP contribution in [0.3, 0.4) is 0 Å². The molecule has 3 rings (SSSR count). The number of hydrogen-bond acceptors (Lipinski definition) is 3. The lowest BCUT2D eigenvalue weighted by Crippen LogP contribution is -2.39. The van der Waals surface area contributed by atoms with Crippen molar-refractivity contribution in [2.24, 2.45) is 0 Å². The van der Waals surface area contributed by atoms with Crippen LogP contribution in [0.5, 0.6) is 0 Å². The summed E-state index contributed by atoms with van der Waals surface area (Å²) in [6.45, 7) is 6.56. The van der Waals surface area contributed by atoms with Gasteiger partial charge in [0.05, 0.1) is 0 Å². The molecule has 0 spiro atoms. The smallest absolute Gasteiger partial charge is 0.315 e. The summed E-state index contributed by atoms with van der Waals surface area (Å²) >= 11 is 1.84. The Balaban J connectivity index is 1.86. The Hall–Kier alpha value is -1.79. The summed E-state index contributed by atoms with van der Waals surface area (Å²) in [6, 6.07) is 4.11. The van der Waals surface area contributed by atoms with E-state index in [4.69, 9.17) is 0 Å². The topological polar surface area (TPSA) is 49.3 Å². The number of urea groups is 1. The van der Waals surface area contributed by atoms with Gasteiger partial charge in [-0.05, 0) is 45.0 Å². The molecule has 1 aliphatic rings. The number of hydrogen-bond donors (Lipinski definition) is 2. The fourth-order valence-corrected chi connectivity index (χ4v) is 4.34. The summed E-state index contributed by atoms with van der Waals surface area (Å²) in [4.78, 5) is 15.7. The summed E-state index contributed by atoms with van der Waals surface area (Å²) in [6.07, 6.45) is 5.18. The van der Waals surface area contributed by atoms with E-state index in [-0.39, 0.29) is 12.1 Å². The van der Waals surface area contributed by atoms with Crippen LogP contribution in [0.4, 0.5) is 4.79 Å². The van der Waals surface area contributed by atoms with Crippen LogP contribution in [0.1, 0.15) is 29.9 Å². The maximum atomic E-state index is 11.9. The number of nitrogens with one attached hydrogen (secondary N) is 2. The number of rotatable bonds is 4. The van der Waals surface area contributed by atoms with Crippen molar-refractivity contribution in [2.45, 2.75) is 39.4 Å². The number of nitrogens with zero attached hydrogens (tertiary/aromatic N) is 2. The quantitative estimate of drug-likeness (QED) is 0.904. The number of amides is 2. The lowest BCUT2D eigenvalue weighted by Gasteiger charge is -2.23. The zero-order valence-electron chi connectivity index (χ0n) is 13.9. The summed E-state index contributed by atoms with van der Waals surface area (Å²) in [5.41, 5.74) is 2.68. The predicted octanol–water partition coefficient (Wildman–Crippen LogP) is 2.73. The number of carbonyl (C=O) groups is 1. The van der Waals surface area contributed by atoms with E-state index >= 15 is 0 Å². The van der Waals surface area contributed by atoms with Crippen molar-refractivity contribution in [3.05, 3.63) is 40.5 Å². The van der Waals surface area contributed by atoms with Crippen LogP contribution in [-0.4, -0.2) is 35.1 Å². The van der Waals surface area contributed by atoms with Crippen LogP contribution in [0.15, 0.2) is 24.5 Å². The third-order valence-electron chi connectivity index (χ3n) is 4.02. The standard InChI is InChI=1S/C17H24N4OS/c1-12(2)19-17(22)18-10-14-13-6-9-20(3)11-15(13)23-16(14)21-7-4-5-8-21/h4-5,7-8,12H,6,9-11H2,1-3H3,(H2,18,19,22). The summed E-state index contributed by atoms with van der Waals surface area (Å²) in [7, 11) is 2.16. The van der Waals surface area contributed by atoms with Gasteiger partial charge in [-0.3, -0.25) is 0 Å². The van der Waals surface area contributed by atoms with E-state index in [1.807, 2.05) is 37.3 Å². The highest BCUT2D eigenvalue weighted by Crippen LogP contribution is 2.35. The molecule has 0 radical (unpaired) electrons. The first-order valence-electron chi connectivity index (χ1n) is 8.04. The fourth-order valence-electron chi connectivity index (χ4n) is 2.92. The van der Waals surface area contributed by atoms with Gasteiger partial charge in [-0.2, -0.15) is 0 Å². The molecule has 3 heterocycles. The summed E-state index contributed by atoms with van der Waals surface area (Å²) < 4.78 is 2.15. The Morgan fingerprint density at radius 2 is 2.09 bits per heavy atom. The van der Waals surface area contributed by atoms with Crippen LogP contribution < -0.4 is 10.6 Å². The largest absolute Gasteiger partial charge is 0.336 e. The van der Waals surface area contributed by atoms with Gasteiger partial charge in [0.25, 0.3) is 0 Å². The molecule has 124 valence electrons. The van der Waals surface area contributed by atoms with Crippen molar-refractivity contribution < 1.29 is 4.79 Å². The number of aromatic nitrogens is 1. The van der Waals surface area contributed by atoms with Gasteiger partial charge in [0.2, 0.25) is 0 Å². The van der Waals surface area contributed by atoms with E-state index < -0.39 is 0 Å². The number of carbonyl (C=O) groups excluding carboxylic acids is 1. The van der Waals surface area contributed by atoms with Crippen molar-refractivity contribution in [3.63, 3.8) is 0 Å². The van der Waals surface area contributed by atoms with Gasteiger partial charge >= 0.3 is 6.03 Å². The Morgan fingerprint density at radius 1 is 1.35 bits per heavy atom. The van der Waals surface area contributed by atoms with Gasteiger partial charge in [0, 0.05) is 48.5 Å². The maximum Gasteiger partial charge on any atom is 0.315 e. The highest BCUT2D eigenvalue weighted by Gasteiger charge is 2.23. The van der Waals surface area contributed by atoms with Gasteiger partial charge < -0.3 is 20.1 Å². The van der Waals surface area contributed by atoms with Crippen molar-refractivity contribution in [1.29, 1.82) is 0 Å². The zero-order valence-corrected chi connectivity index (χ0v) is 14.7. The van der Waals surface area contributed by atoms with E-state index in [0.29, 0.717) is 6.54 Å². The Labute approximate surface area is 141 Å². The molecule has 2 N–H and O–H groups in total. The van der Waals surface area contributed by atoms with Crippen LogP contribution in [0, 0.1) is 0 Å². The van der Waals surface area contributed by atoms with Gasteiger partial charge in [-0.25, -0.2) is 4.79 Å². The minimum Gasteiger partial charge on any atom is -0.336 e. The molecule has 2 aromatic heterocycles. The molecule has 0 atom stereocenters. The first kappa shape index (κ1) is 16.1. The van der Waals surface area contributed by atoms with E-state index in [0.717, 1.165) is 19.5 Å². The average Bonchev–Trinajstić information content (AvgIpc) is 3.11. The van der Waals surface area contributed by atoms with Crippen LogP contribution in [-0.2, 0) is 19.5 Å².